The number of aryl methyl sites for hydroxylation is 1. The maximum Gasteiger partial charge on any atom is 0.282 e. The molecule has 0 saturated carbocycles. The van der Waals surface area contributed by atoms with Gasteiger partial charge in [-0.3, -0.25) is 9.56 Å². The van der Waals surface area contributed by atoms with Gasteiger partial charge in [-0.1, -0.05) is 0 Å². The van der Waals surface area contributed by atoms with Crippen molar-refractivity contribution in [3.05, 3.63) is 77.3 Å². The Hall–Kier alpha value is -4.25. The second-order valence-corrected chi connectivity index (χ2v) is 8.30. The maximum absolute atomic E-state index is 13.2. The van der Waals surface area contributed by atoms with Crippen LogP contribution in [-0.4, -0.2) is 41.1 Å². The first kappa shape index (κ1) is 24.9. The smallest absolute Gasteiger partial charge is 0.282 e. The van der Waals surface area contributed by atoms with E-state index in [0.29, 0.717) is 33.9 Å². The van der Waals surface area contributed by atoms with Gasteiger partial charge in [0.25, 0.3) is 6.43 Å². The summed E-state index contributed by atoms with van der Waals surface area (Å²) in [6.07, 6.45) is 3.39. The van der Waals surface area contributed by atoms with E-state index in [0.717, 1.165) is 11.4 Å². The van der Waals surface area contributed by atoms with Crippen LogP contribution in [0.2, 0.25) is 0 Å². The highest BCUT2D eigenvalue weighted by Crippen LogP contribution is 2.27. The van der Waals surface area contributed by atoms with Crippen molar-refractivity contribution in [2.45, 2.75) is 40.2 Å². The Morgan fingerprint density at radius 3 is 2.67 bits per heavy atom. The molecule has 0 radical (unpaired) electrons. The molecule has 190 valence electrons. The molecule has 0 aliphatic rings. The van der Waals surface area contributed by atoms with E-state index < -0.39 is 12.5 Å². The first-order valence-electron chi connectivity index (χ1n) is 11.1. The molecular formula is C25H30F2N8O. The van der Waals surface area contributed by atoms with Gasteiger partial charge in [0.1, 0.15) is 23.7 Å². The molecule has 1 unspecified atom stereocenters. The van der Waals surface area contributed by atoms with Gasteiger partial charge in [0.05, 0.1) is 23.3 Å². The summed E-state index contributed by atoms with van der Waals surface area (Å²) in [7, 11) is 0. The molecule has 0 spiro atoms. The van der Waals surface area contributed by atoms with Crippen LogP contribution >= 0.6 is 0 Å². The molecule has 9 nitrogen and oxygen atoms in total. The average Bonchev–Trinajstić information content (AvgIpc) is 3.45. The van der Waals surface area contributed by atoms with E-state index in [9.17, 15) is 13.9 Å². The highest BCUT2D eigenvalue weighted by molar-refractivity contribution is 5.79. The van der Waals surface area contributed by atoms with Crippen LogP contribution in [0.4, 0.5) is 14.6 Å². The summed E-state index contributed by atoms with van der Waals surface area (Å²) in [6.45, 7) is 10.5. The number of allylic oxidation sites excluding steroid dienone is 4. The number of alkyl halides is 2. The van der Waals surface area contributed by atoms with Crippen molar-refractivity contribution >= 4 is 23.6 Å². The first-order valence-corrected chi connectivity index (χ1v) is 11.1. The fraction of sp³-hybridized carbons (Fsp3) is 0.240. The Morgan fingerprint density at radius 2 is 2.00 bits per heavy atom. The number of anilines is 1. The van der Waals surface area contributed by atoms with Crippen LogP contribution in [0.25, 0.3) is 22.7 Å². The van der Waals surface area contributed by atoms with E-state index in [1.54, 1.807) is 43.1 Å². The Labute approximate surface area is 209 Å². The van der Waals surface area contributed by atoms with Crippen molar-refractivity contribution in [3.8, 4) is 11.6 Å². The highest BCUT2D eigenvalue weighted by atomic mass is 19.3. The number of nitrogens with zero attached hydrogens (tertiary/aromatic N) is 7. The van der Waals surface area contributed by atoms with Crippen LogP contribution in [0.15, 0.2) is 65.3 Å². The summed E-state index contributed by atoms with van der Waals surface area (Å²) in [4.78, 5) is 17.5. The summed E-state index contributed by atoms with van der Waals surface area (Å²) in [5, 5.41) is 17.5. The minimum Gasteiger partial charge on any atom is -0.389 e. The molecule has 0 aliphatic heterocycles. The predicted molar refractivity (Wildman–Crippen MR) is 139 cm³/mol. The van der Waals surface area contributed by atoms with E-state index in [4.69, 9.17) is 0 Å². The number of aromatic nitrogens is 6. The molecule has 11 heteroatoms. The van der Waals surface area contributed by atoms with Gasteiger partial charge in [0.2, 0.25) is 0 Å². The van der Waals surface area contributed by atoms with Crippen molar-refractivity contribution in [1.82, 2.24) is 29.3 Å². The van der Waals surface area contributed by atoms with Crippen molar-refractivity contribution in [3.63, 3.8) is 0 Å². The molecule has 0 aromatic carbocycles. The second kappa shape index (κ2) is 10.2. The van der Waals surface area contributed by atoms with Crippen LogP contribution in [0.3, 0.4) is 0 Å². The summed E-state index contributed by atoms with van der Waals surface area (Å²) in [5.41, 5.74) is 3.61. The van der Waals surface area contributed by atoms with Gasteiger partial charge in [-0.05, 0) is 64.8 Å². The molecule has 0 aliphatic carbocycles. The molecule has 2 N–H and O–H groups in total. The third kappa shape index (κ3) is 5.05. The maximum atomic E-state index is 13.2. The average molecular weight is 497 g/mol. The number of imidazole rings is 1. The molecular weight excluding hydrogens is 466 g/mol. The third-order valence-corrected chi connectivity index (χ3v) is 5.50. The number of aliphatic imine (C=N–C) groups is 1. The van der Waals surface area contributed by atoms with Gasteiger partial charge in [-0.15, -0.1) is 0 Å². The molecule has 0 amide bonds. The lowest BCUT2D eigenvalue weighted by Crippen LogP contribution is -2.11. The van der Waals surface area contributed by atoms with Crippen LogP contribution in [0.5, 0.6) is 0 Å². The summed E-state index contributed by atoms with van der Waals surface area (Å²) in [6, 6.07) is 6.53. The third-order valence-electron chi connectivity index (χ3n) is 5.50. The molecule has 0 fully saturated rings. The van der Waals surface area contributed by atoms with Crippen LogP contribution in [-0.2, 0) is 0 Å². The Bertz CT molecular complexity index is 1490. The predicted octanol–water partition coefficient (Wildman–Crippen LogP) is 5.71. The van der Waals surface area contributed by atoms with Crippen molar-refractivity contribution in [1.29, 1.82) is 0 Å². The van der Waals surface area contributed by atoms with E-state index in [2.05, 4.69) is 37.1 Å². The number of hydrogen-bond donors (Lipinski definition) is 2. The second-order valence-electron chi connectivity index (χ2n) is 8.30. The number of aliphatic hydroxyl groups excluding tert-OH is 1. The minimum absolute atomic E-state index is 0. The lowest BCUT2D eigenvalue weighted by Gasteiger charge is -2.14. The molecule has 0 saturated heterocycles. The first-order chi connectivity index (χ1) is 17.2. The summed E-state index contributed by atoms with van der Waals surface area (Å²) < 4.78 is 29.5. The monoisotopic (exact) mass is 496 g/mol. The number of nitrogens with one attached hydrogen (secondary N) is 1. The summed E-state index contributed by atoms with van der Waals surface area (Å²) >= 11 is 0. The van der Waals surface area contributed by atoms with Crippen LogP contribution in [0.1, 0.15) is 53.1 Å². The van der Waals surface area contributed by atoms with Gasteiger partial charge >= 0.3 is 0 Å². The molecule has 36 heavy (non-hydrogen) atoms. The van der Waals surface area contributed by atoms with Crippen molar-refractivity contribution < 1.29 is 16.7 Å². The van der Waals surface area contributed by atoms with Crippen molar-refractivity contribution in [2.24, 2.45) is 4.99 Å². The van der Waals surface area contributed by atoms with Gasteiger partial charge in [0.15, 0.2) is 5.82 Å². The number of fused-ring (bicyclic) bond motifs is 1. The molecule has 4 heterocycles. The lowest BCUT2D eigenvalue weighted by atomic mass is 10.1. The fourth-order valence-electron chi connectivity index (χ4n) is 3.60. The van der Waals surface area contributed by atoms with Crippen LogP contribution in [0, 0.1) is 6.92 Å². The Morgan fingerprint density at radius 1 is 1.22 bits per heavy atom. The zero-order chi connectivity index (χ0) is 26.0. The highest BCUT2D eigenvalue weighted by Gasteiger charge is 2.20. The zero-order valence-corrected chi connectivity index (χ0v) is 20.3. The SMILES string of the molecule is C=N/C(C)=C\C=C(/C)Nc1cc2ncn(-c3ccc(C(C)O)c(-n4nc(C(F)F)cc4C)n3)c2cn1.[HH].[HH]. The number of hydrogen-bond acceptors (Lipinski definition) is 7. The molecule has 4 aromatic rings. The number of pyridine rings is 2. The van der Waals surface area contributed by atoms with E-state index in [1.165, 1.54) is 10.7 Å². The molecule has 0 bridgehead atoms. The molecule has 1 atom stereocenters. The number of rotatable bonds is 8. The van der Waals surface area contributed by atoms with E-state index >= 15 is 0 Å². The molecule has 4 rings (SSSR count). The lowest BCUT2D eigenvalue weighted by molar-refractivity contribution is 0.145. The van der Waals surface area contributed by atoms with Gasteiger partial charge in [0, 0.05) is 31.6 Å². The van der Waals surface area contributed by atoms with Gasteiger partial charge in [-0.2, -0.15) is 5.10 Å². The standard InChI is InChI=1S/C25H26F2N8O.2H2/c1-14(28-5)6-7-15(2)31-22-11-19-21(12-29-22)34(13-30-19)23-9-8-18(17(4)36)25(32-23)35-16(3)10-20(33-35)24(26)27;;/h6-13,17,24,36H,5H2,1-4H3,(H,29,31);2*1H/b14-6-,15-7+;;. The normalized spacial score (nSPS) is 13.4. The number of halogens is 2. The minimum atomic E-state index is -2.72. The quantitative estimate of drug-likeness (QED) is 0.239. The van der Waals surface area contributed by atoms with Crippen molar-refractivity contribution in [2.75, 3.05) is 5.32 Å². The Kier molecular flexibility index (Phi) is 7.02. The van der Waals surface area contributed by atoms with Crippen LogP contribution < -0.4 is 5.32 Å². The Balaban J connectivity index is 0.00000253. The largest absolute Gasteiger partial charge is 0.389 e. The molecule has 4 aromatic heterocycles. The van der Waals surface area contributed by atoms with Gasteiger partial charge < -0.3 is 10.4 Å². The number of aliphatic hydroxyl groups is 1. The zero-order valence-electron chi connectivity index (χ0n) is 20.3. The van der Waals surface area contributed by atoms with Gasteiger partial charge in [-0.25, -0.2) is 28.4 Å². The van der Waals surface area contributed by atoms with E-state index in [-0.39, 0.29) is 14.4 Å². The van der Waals surface area contributed by atoms with E-state index in [1.807, 2.05) is 32.1 Å². The topological polar surface area (TPSA) is 106 Å². The summed E-state index contributed by atoms with van der Waals surface area (Å²) in [5.74, 6) is 1.35. The fourth-order valence-corrected chi connectivity index (χ4v) is 3.60.